The molecule has 0 aromatic carbocycles. The maximum Gasteiger partial charge on any atom is 0.305 e. The summed E-state index contributed by atoms with van der Waals surface area (Å²) in [6.07, 6.45) is 2.65. The fourth-order valence-corrected chi connectivity index (χ4v) is 1.78. The Morgan fingerprint density at radius 1 is 1.47 bits per heavy atom. The molecule has 0 bridgehead atoms. The molecule has 0 radical (unpaired) electrons. The van der Waals surface area contributed by atoms with E-state index in [9.17, 15) is 9.59 Å². The lowest BCUT2D eigenvalue weighted by Gasteiger charge is -2.33. The Bertz CT molecular complexity index is 296. The second-order valence-electron chi connectivity index (χ2n) is 4.99. The number of aliphatic carboxylic acids is 1. The van der Waals surface area contributed by atoms with Crippen LogP contribution in [0.5, 0.6) is 0 Å². The van der Waals surface area contributed by atoms with Gasteiger partial charge in [-0.15, -0.1) is 0 Å². The Morgan fingerprint density at radius 3 is 2.41 bits per heavy atom. The van der Waals surface area contributed by atoms with Gasteiger partial charge in [-0.1, -0.05) is 6.92 Å². The maximum atomic E-state index is 12.4. The number of carboxylic acid groups (broad SMARTS) is 1. The SMILES string of the molecule is CCC(C)(CN)C(=O)N(CCC(=O)O)C1CC1. The lowest BCUT2D eigenvalue weighted by Crippen LogP contribution is -2.47. The van der Waals surface area contributed by atoms with Crippen LogP contribution in [-0.4, -0.2) is 41.0 Å². The molecule has 1 amide bonds. The molecule has 1 saturated carbocycles. The highest BCUT2D eigenvalue weighted by Crippen LogP contribution is 2.32. The van der Waals surface area contributed by atoms with Gasteiger partial charge in [0.05, 0.1) is 11.8 Å². The van der Waals surface area contributed by atoms with Crippen LogP contribution in [0, 0.1) is 5.41 Å². The van der Waals surface area contributed by atoms with Gasteiger partial charge in [0.1, 0.15) is 0 Å². The van der Waals surface area contributed by atoms with E-state index < -0.39 is 11.4 Å². The largest absolute Gasteiger partial charge is 0.481 e. The zero-order chi connectivity index (χ0) is 13.1. The number of nitrogens with zero attached hydrogens (tertiary/aromatic N) is 1. The molecule has 1 rings (SSSR count). The Hall–Kier alpha value is -1.10. The van der Waals surface area contributed by atoms with Crippen LogP contribution >= 0.6 is 0 Å². The number of hydrogen-bond acceptors (Lipinski definition) is 3. The van der Waals surface area contributed by atoms with Crippen LogP contribution in [0.25, 0.3) is 0 Å². The highest BCUT2D eigenvalue weighted by molar-refractivity contribution is 5.83. The molecule has 3 N–H and O–H groups in total. The minimum absolute atomic E-state index is 0.00579. The fourth-order valence-electron chi connectivity index (χ4n) is 1.78. The number of hydrogen-bond donors (Lipinski definition) is 2. The first-order chi connectivity index (χ1) is 7.94. The molecule has 1 aliphatic carbocycles. The van der Waals surface area contributed by atoms with Crippen LogP contribution in [-0.2, 0) is 9.59 Å². The van der Waals surface area contributed by atoms with Gasteiger partial charge in [0.25, 0.3) is 0 Å². The van der Waals surface area contributed by atoms with Crippen molar-refractivity contribution < 1.29 is 14.7 Å². The van der Waals surface area contributed by atoms with Crippen LogP contribution in [0.3, 0.4) is 0 Å². The minimum Gasteiger partial charge on any atom is -0.481 e. The summed E-state index contributed by atoms with van der Waals surface area (Å²) in [4.78, 5) is 24.7. The molecule has 0 spiro atoms. The van der Waals surface area contributed by atoms with Crippen molar-refractivity contribution in [2.45, 2.75) is 45.6 Å². The van der Waals surface area contributed by atoms with E-state index in [0.717, 1.165) is 12.8 Å². The molecule has 0 aromatic heterocycles. The third-order valence-corrected chi connectivity index (χ3v) is 3.56. The molecule has 5 nitrogen and oxygen atoms in total. The summed E-state index contributed by atoms with van der Waals surface area (Å²) in [5.74, 6) is -0.861. The van der Waals surface area contributed by atoms with E-state index in [1.165, 1.54) is 0 Å². The number of amides is 1. The first-order valence-corrected chi connectivity index (χ1v) is 6.17. The van der Waals surface area contributed by atoms with E-state index >= 15 is 0 Å². The highest BCUT2D eigenvalue weighted by atomic mass is 16.4. The van der Waals surface area contributed by atoms with Gasteiger partial charge in [-0.3, -0.25) is 9.59 Å². The number of carbonyl (C=O) groups is 2. The summed E-state index contributed by atoms with van der Waals surface area (Å²) >= 11 is 0. The van der Waals surface area contributed by atoms with E-state index in [0.29, 0.717) is 19.5 Å². The van der Waals surface area contributed by atoms with Gasteiger partial charge in [0.2, 0.25) is 5.91 Å². The average molecular weight is 242 g/mol. The number of carboxylic acids is 1. The summed E-state index contributed by atoms with van der Waals surface area (Å²) < 4.78 is 0. The number of carbonyl (C=O) groups excluding carboxylic acids is 1. The molecule has 1 unspecified atom stereocenters. The second kappa shape index (κ2) is 5.49. The second-order valence-corrected chi connectivity index (χ2v) is 4.99. The first-order valence-electron chi connectivity index (χ1n) is 6.17. The molecule has 0 aliphatic heterocycles. The summed E-state index contributed by atoms with van der Waals surface area (Å²) in [5.41, 5.74) is 5.11. The smallest absolute Gasteiger partial charge is 0.305 e. The van der Waals surface area contributed by atoms with Crippen molar-refractivity contribution in [1.82, 2.24) is 4.90 Å². The Kier molecular flexibility index (Phi) is 4.51. The van der Waals surface area contributed by atoms with Crippen molar-refractivity contribution in [1.29, 1.82) is 0 Å². The average Bonchev–Trinajstić information content (AvgIpc) is 3.12. The molecule has 1 atom stereocenters. The molecular weight excluding hydrogens is 220 g/mol. The molecule has 1 fully saturated rings. The van der Waals surface area contributed by atoms with Crippen LogP contribution in [0.15, 0.2) is 0 Å². The third-order valence-electron chi connectivity index (χ3n) is 3.56. The molecule has 0 aromatic rings. The lowest BCUT2D eigenvalue weighted by molar-refractivity contribution is -0.143. The topological polar surface area (TPSA) is 83.6 Å². The molecule has 0 heterocycles. The summed E-state index contributed by atoms with van der Waals surface area (Å²) in [6, 6.07) is 0.235. The molecule has 98 valence electrons. The quantitative estimate of drug-likeness (QED) is 0.692. The van der Waals surface area contributed by atoms with Gasteiger partial charge in [-0.05, 0) is 26.2 Å². The molecule has 1 aliphatic rings. The predicted octanol–water partition coefficient (Wildman–Crippen LogP) is 0.827. The molecule has 0 saturated heterocycles. The van der Waals surface area contributed by atoms with Crippen LogP contribution in [0.1, 0.15) is 39.5 Å². The highest BCUT2D eigenvalue weighted by Gasteiger charge is 2.40. The monoisotopic (exact) mass is 242 g/mol. The van der Waals surface area contributed by atoms with E-state index in [1.54, 1.807) is 4.90 Å². The van der Waals surface area contributed by atoms with Crippen LogP contribution < -0.4 is 5.73 Å². The number of nitrogens with two attached hydrogens (primary N) is 1. The van der Waals surface area contributed by atoms with Crippen LogP contribution in [0.4, 0.5) is 0 Å². The predicted molar refractivity (Wildman–Crippen MR) is 64.4 cm³/mol. The first kappa shape index (κ1) is 14.0. The molecule has 5 heteroatoms. The normalized spacial score (nSPS) is 18.5. The van der Waals surface area contributed by atoms with Crippen molar-refractivity contribution in [3.8, 4) is 0 Å². The lowest BCUT2D eigenvalue weighted by atomic mass is 9.86. The standard InChI is InChI=1S/C12H22N2O3/c1-3-12(2,8-13)11(17)14(9-4-5-9)7-6-10(15)16/h9H,3-8,13H2,1-2H3,(H,15,16). The van der Waals surface area contributed by atoms with E-state index in [4.69, 9.17) is 10.8 Å². The van der Waals surface area contributed by atoms with Crippen molar-refractivity contribution >= 4 is 11.9 Å². The minimum atomic E-state index is -0.866. The zero-order valence-electron chi connectivity index (χ0n) is 10.6. The van der Waals surface area contributed by atoms with Crippen molar-refractivity contribution in [3.05, 3.63) is 0 Å². The zero-order valence-corrected chi connectivity index (χ0v) is 10.6. The third kappa shape index (κ3) is 3.43. The van der Waals surface area contributed by atoms with Crippen LogP contribution in [0.2, 0.25) is 0 Å². The Morgan fingerprint density at radius 2 is 2.06 bits per heavy atom. The van der Waals surface area contributed by atoms with E-state index in [-0.39, 0.29) is 18.4 Å². The van der Waals surface area contributed by atoms with Crippen molar-refractivity contribution in [3.63, 3.8) is 0 Å². The van der Waals surface area contributed by atoms with Gasteiger partial charge in [0.15, 0.2) is 0 Å². The Balaban J connectivity index is 2.69. The van der Waals surface area contributed by atoms with Gasteiger partial charge in [0, 0.05) is 19.1 Å². The van der Waals surface area contributed by atoms with Crippen molar-refractivity contribution in [2.75, 3.05) is 13.1 Å². The molecule has 17 heavy (non-hydrogen) atoms. The summed E-state index contributed by atoms with van der Waals surface area (Å²) in [5, 5.41) is 8.70. The van der Waals surface area contributed by atoms with Crippen molar-refractivity contribution in [2.24, 2.45) is 11.1 Å². The molecular formula is C12H22N2O3. The number of rotatable bonds is 7. The Labute approximate surface area is 102 Å². The maximum absolute atomic E-state index is 12.4. The van der Waals surface area contributed by atoms with Gasteiger partial charge >= 0.3 is 5.97 Å². The van der Waals surface area contributed by atoms with Gasteiger partial charge in [-0.25, -0.2) is 0 Å². The van der Waals surface area contributed by atoms with E-state index in [1.807, 2.05) is 13.8 Å². The van der Waals surface area contributed by atoms with Gasteiger partial charge < -0.3 is 15.7 Å². The summed E-state index contributed by atoms with van der Waals surface area (Å²) in [7, 11) is 0. The summed E-state index contributed by atoms with van der Waals surface area (Å²) in [6.45, 7) is 4.39. The van der Waals surface area contributed by atoms with Gasteiger partial charge in [-0.2, -0.15) is 0 Å². The van der Waals surface area contributed by atoms with E-state index in [2.05, 4.69) is 0 Å². The fraction of sp³-hybridized carbons (Fsp3) is 0.833.